The number of rotatable bonds is 2. The molecule has 0 radical (unpaired) electrons. The van der Waals surface area contributed by atoms with E-state index in [0.717, 1.165) is 28.3 Å². The van der Waals surface area contributed by atoms with E-state index in [0.29, 0.717) is 6.42 Å². The van der Waals surface area contributed by atoms with E-state index in [9.17, 15) is 13.2 Å². The minimum Gasteiger partial charge on any atom is -0.302 e. The first-order chi connectivity index (χ1) is 9.54. The molecule has 1 aromatic carbocycles. The fourth-order valence-electron chi connectivity index (χ4n) is 2.14. The van der Waals surface area contributed by atoms with E-state index in [-0.39, 0.29) is 6.04 Å². The highest BCUT2D eigenvalue weighted by Crippen LogP contribution is 2.31. The first kappa shape index (κ1) is 13.2. The van der Waals surface area contributed by atoms with Crippen molar-refractivity contribution in [1.29, 1.82) is 0 Å². The van der Waals surface area contributed by atoms with Gasteiger partial charge in [-0.3, -0.25) is 0 Å². The van der Waals surface area contributed by atoms with E-state index in [2.05, 4.69) is 10.5 Å². The van der Waals surface area contributed by atoms with Gasteiger partial charge in [0.25, 0.3) is 0 Å². The van der Waals surface area contributed by atoms with Crippen LogP contribution in [0, 0.1) is 0 Å². The fraction of sp³-hybridized carbons (Fsp3) is 0.214. The Hall–Kier alpha value is -1.82. The van der Waals surface area contributed by atoms with Crippen LogP contribution in [0.15, 0.2) is 46.9 Å². The second-order valence-electron chi connectivity index (χ2n) is 4.54. The molecule has 1 aliphatic rings. The van der Waals surface area contributed by atoms with E-state index in [1.807, 2.05) is 17.5 Å². The van der Waals surface area contributed by atoms with Gasteiger partial charge >= 0.3 is 6.18 Å². The summed E-state index contributed by atoms with van der Waals surface area (Å²) in [6.07, 6.45) is -3.61. The summed E-state index contributed by atoms with van der Waals surface area (Å²) >= 11 is 1.60. The predicted molar refractivity (Wildman–Crippen MR) is 72.8 cm³/mol. The maximum absolute atomic E-state index is 12.5. The lowest BCUT2D eigenvalue weighted by atomic mass is 10.0. The maximum atomic E-state index is 12.5. The quantitative estimate of drug-likeness (QED) is 0.882. The molecule has 0 saturated carbocycles. The third kappa shape index (κ3) is 2.56. The molecule has 0 aliphatic carbocycles. The van der Waals surface area contributed by atoms with Crippen LogP contribution >= 0.6 is 11.3 Å². The second-order valence-corrected chi connectivity index (χ2v) is 5.49. The molecule has 0 fully saturated rings. The van der Waals surface area contributed by atoms with Crippen LogP contribution in [-0.4, -0.2) is 5.71 Å². The van der Waals surface area contributed by atoms with Crippen LogP contribution in [0.4, 0.5) is 13.2 Å². The van der Waals surface area contributed by atoms with Gasteiger partial charge in [0.1, 0.15) is 0 Å². The summed E-state index contributed by atoms with van der Waals surface area (Å²) in [6, 6.07) is 9.12. The Morgan fingerprint density at radius 2 is 1.90 bits per heavy atom. The summed E-state index contributed by atoms with van der Waals surface area (Å²) in [6.45, 7) is 0. The molecule has 20 heavy (non-hydrogen) atoms. The van der Waals surface area contributed by atoms with E-state index >= 15 is 0 Å². The number of thiophene rings is 1. The summed E-state index contributed by atoms with van der Waals surface area (Å²) in [5, 5.41) is 6.24. The highest BCUT2D eigenvalue weighted by atomic mass is 32.1. The van der Waals surface area contributed by atoms with Gasteiger partial charge in [-0.1, -0.05) is 18.2 Å². The number of alkyl halides is 3. The molecule has 0 bridgehead atoms. The van der Waals surface area contributed by atoms with E-state index in [1.54, 1.807) is 11.3 Å². The Bertz CT molecular complexity index is 615. The molecule has 0 amide bonds. The Balaban J connectivity index is 1.73. The van der Waals surface area contributed by atoms with Crippen LogP contribution < -0.4 is 5.43 Å². The zero-order valence-electron chi connectivity index (χ0n) is 10.3. The molecule has 6 heteroatoms. The number of hydrogen-bond donors (Lipinski definition) is 1. The molecule has 2 heterocycles. The highest BCUT2D eigenvalue weighted by Gasteiger charge is 2.30. The maximum Gasteiger partial charge on any atom is 0.416 e. The third-order valence-electron chi connectivity index (χ3n) is 3.20. The molecule has 1 aliphatic heterocycles. The van der Waals surface area contributed by atoms with Crippen molar-refractivity contribution in [3.05, 3.63) is 57.8 Å². The van der Waals surface area contributed by atoms with Gasteiger partial charge in [-0.15, -0.1) is 11.3 Å². The standard InChI is InChI=1S/C14H11F3N2S/c15-14(16,17)10-5-3-9(4-6-10)11-8-12(19-18-11)13-2-1-7-20-13/h1-7,11,18H,8H2. The minimum absolute atomic E-state index is 0.0608. The molecule has 3 rings (SSSR count). The summed E-state index contributed by atoms with van der Waals surface area (Å²) in [5.74, 6) is 0. The van der Waals surface area contributed by atoms with Crippen molar-refractivity contribution in [3.63, 3.8) is 0 Å². The Labute approximate surface area is 117 Å². The number of benzene rings is 1. The molecule has 104 valence electrons. The van der Waals surface area contributed by atoms with Gasteiger partial charge in [0, 0.05) is 6.42 Å². The van der Waals surface area contributed by atoms with Gasteiger partial charge in [-0.25, -0.2) is 0 Å². The predicted octanol–water partition coefficient (Wildman–Crippen LogP) is 4.21. The Kier molecular flexibility index (Phi) is 3.25. The Morgan fingerprint density at radius 3 is 2.50 bits per heavy atom. The number of halogens is 3. The van der Waals surface area contributed by atoms with Crippen molar-refractivity contribution >= 4 is 17.0 Å². The van der Waals surface area contributed by atoms with Gasteiger partial charge < -0.3 is 5.43 Å². The van der Waals surface area contributed by atoms with Crippen LogP contribution in [0.3, 0.4) is 0 Å². The van der Waals surface area contributed by atoms with Crippen molar-refractivity contribution in [3.8, 4) is 0 Å². The fourth-order valence-corrected chi connectivity index (χ4v) is 2.86. The van der Waals surface area contributed by atoms with Crippen molar-refractivity contribution in [2.45, 2.75) is 18.6 Å². The lowest BCUT2D eigenvalue weighted by Gasteiger charge is -2.12. The topological polar surface area (TPSA) is 24.4 Å². The molecule has 1 unspecified atom stereocenters. The molecular weight excluding hydrogens is 285 g/mol. The number of nitrogens with zero attached hydrogens (tertiary/aromatic N) is 1. The number of hydrazone groups is 1. The monoisotopic (exact) mass is 296 g/mol. The first-order valence-electron chi connectivity index (χ1n) is 6.07. The van der Waals surface area contributed by atoms with Gasteiger partial charge in [0.15, 0.2) is 0 Å². The molecule has 1 N–H and O–H groups in total. The largest absolute Gasteiger partial charge is 0.416 e. The van der Waals surface area contributed by atoms with Crippen molar-refractivity contribution in [1.82, 2.24) is 5.43 Å². The molecule has 0 spiro atoms. The first-order valence-corrected chi connectivity index (χ1v) is 6.95. The summed E-state index contributed by atoms with van der Waals surface area (Å²) < 4.78 is 37.5. The molecule has 0 saturated heterocycles. The molecule has 1 atom stereocenters. The van der Waals surface area contributed by atoms with Crippen molar-refractivity contribution in [2.24, 2.45) is 5.10 Å². The molecular formula is C14H11F3N2S. The summed E-state index contributed by atoms with van der Waals surface area (Å²) in [5.41, 5.74) is 4.12. The summed E-state index contributed by atoms with van der Waals surface area (Å²) in [7, 11) is 0. The SMILES string of the molecule is FC(F)(F)c1ccc(C2CC(c3cccs3)=NN2)cc1. The van der Waals surface area contributed by atoms with Gasteiger partial charge in [-0.05, 0) is 29.1 Å². The summed E-state index contributed by atoms with van der Waals surface area (Å²) in [4.78, 5) is 1.09. The zero-order valence-corrected chi connectivity index (χ0v) is 11.1. The lowest BCUT2D eigenvalue weighted by molar-refractivity contribution is -0.137. The Morgan fingerprint density at radius 1 is 1.15 bits per heavy atom. The molecule has 2 nitrogen and oxygen atoms in total. The molecule has 1 aromatic heterocycles. The number of nitrogens with one attached hydrogen (secondary N) is 1. The highest BCUT2D eigenvalue weighted by molar-refractivity contribution is 7.12. The number of hydrogen-bond acceptors (Lipinski definition) is 3. The van der Waals surface area contributed by atoms with E-state index in [4.69, 9.17) is 0 Å². The smallest absolute Gasteiger partial charge is 0.302 e. The van der Waals surface area contributed by atoms with Gasteiger partial charge in [0.2, 0.25) is 0 Å². The third-order valence-corrected chi connectivity index (χ3v) is 4.12. The minimum atomic E-state index is -4.29. The van der Waals surface area contributed by atoms with Gasteiger partial charge in [-0.2, -0.15) is 18.3 Å². The van der Waals surface area contributed by atoms with Crippen LogP contribution in [0.25, 0.3) is 0 Å². The molecule has 2 aromatic rings. The normalized spacial score (nSPS) is 18.8. The van der Waals surface area contributed by atoms with Crippen LogP contribution in [-0.2, 0) is 6.18 Å². The second kappa shape index (κ2) is 4.94. The zero-order chi connectivity index (χ0) is 14.2. The average molecular weight is 296 g/mol. The van der Waals surface area contributed by atoms with Crippen molar-refractivity contribution < 1.29 is 13.2 Å². The van der Waals surface area contributed by atoms with E-state index < -0.39 is 11.7 Å². The van der Waals surface area contributed by atoms with E-state index in [1.165, 1.54) is 12.1 Å². The van der Waals surface area contributed by atoms with Crippen molar-refractivity contribution in [2.75, 3.05) is 0 Å². The lowest BCUT2D eigenvalue weighted by Crippen LogP contribution is -2.11. The van der Waals surface area contributed by atoms with Crippen LogP contribution in [0.5, 0.6) is 0 Å². The van der Waals surface area contributed by atoms with Crippen LogP contribution in [0.1, 0.15) is 28.5 Å². The van der Waals surface area contributed by atoms with Gasteiger partial charge in [0.05, 0.1) is 22.2 Å². The average Bonchev–Trinajstić information content (AvgIpc) is 3.09. The van der Waals surface area contributed by atoms with Crippen LogP contribution in [0.2, 0.25) is 0 Å².